The van der Waals surface area contributed by atoms with E-state index in [0.717, 1.165) is 61.1 Å². The summed E-state index contributed by atoms with van der Waals surface area (Å²) in [6, 6.07) is 41.3. The van der Waals surface area contributed by atoms with Crippen molar-refractivity contribution in [2.75, 3.05) is 11.5 Å². The van der Waals surface area contributed by atoms with Crippen LogP contribution in [0.5, 0.6) is 0 Å². The van der Waals surface area contributed by atoms with Crippen molar-refractivity contribution in [3.63, 3.8) is 0 Å². The molecule has 0 bridgehead atoms. The molecule has 0 saturated heterocycles. The molecule has 7 aromatic rings. The van der Waals surface area contributed by atoms with Gasteiger partial charge in [-0.05, 0) is 73.7 Å². The Morgan fingerprint density at radius 3 is 1.91 bits per heavy atom. The number of rotatable bonds is 1. The van der Waals surface area contributed by atoms with Gasteiger partial charge >= 0.3 is 0 Å². The van der Waals surface area contributed by atoms with E-state index in [9.17, 15) is 0 Å². The van der Waals surface area contributed by atoms with Crippen LogP contribution in [0.15, 0.2) is 120 Å². The monoisotopic (exact) mass is 568 g/mol. The van der Waals surface area contributed by atoms with Crippen molar-refractivity contribution in [1.82, 2.24) is 0 Å². The smallest absolute Gasteiger partial charge is 0.145 e. The zero-order valence-electron chi connectivity index (χ0n) is 25.0. The third-order valence-electron chi connectivity index (χ3n) is 9.94. The molecule has 9 rings (SSSR count). The Morgan fingerprint density at radius 1 is 0.568 bits per heavy atom. The molecule has 4 N–H and O–H groups in total. The number of furan rings is 1. The first-order chi connectivity index (χ1) is 21.3. The molecule has 2 aliphatic rings. The van der Waals surface area contributed by atoms with E-state index in [4.69, 9.17) is 15.9 Å². The van der Waals surface area contributed by atoms with E-state index < -0.39 is 5.41 Å². The topological polar surface area (TPSA) is 65.2 Å². The molecule has 0 aliphatic heterocycles. The fraction of sp³-hybridized carbons (Fsp3) is 0.122. The van der Waals surface area contributed by atoms with Crippen LogP contribution in [0.1, 0.15) is 48.6 Å². The van der Waals surface area contributed by atoms with Crippen LogP contribution >= 0.6 is 0 Å². The predicted molar refractivity (Wildman–Crippen MR) is 183 cm³/mol. The lowest BCUT2D eigenvalue weighted by Crippen LogP contribution is -2.26. The Balaban J connectivity index is 1.40. The second-order valence-electron chi connectivity index (χ2n) is 13.4. The van der Waals surface area contributed by atoms with Gasteiger partial charge in [0.15, 0.2) is 0 Å². The molecule has 6 aromatic carbocycles. The van der Waals surface area contributed by atoms with Crippen molar-refractivity contribution in [3.8, 4) is 33.4 Å². The van der Waals surface area contributed by atoms with Gasteiger partial charge < -0.3 is 15.9 Å². The molecule has 3 heteroatoms. The van der Waals surface area contributed by atoms with Gasteiger partial charge in [0, 0.05) is 27.9 Å². The Kier molecular flexibility index (Phi) is 4.83. The number of benzene rings is 6. The van der Waals surface area contributed by atoms with Crippen molar-refractivity contribution in [2.45, 2.75) is 31.6 Å². The second kappa shape index (κ2) is 8.42. The third-order valence-corrected chi connectivity index (χ3v) is 9.94. The fourth-order valence-electron chi connectivity index (χ4n) is 7.99. The Hall–Kier alpha value is -5.28. The van der Waals surface area contributed by atoms with Crippen molar-refractivity contribution >= 4 is 33.3 Å². The summed E-state index contributed by atoms with van der Waals surface area (Å²) in [7, 11) is 0. The van der Waals surface area contributed by atoms with Crippen molar-refractivity contribution in [1.29, 1.82) is 0 Å². The first-order valence-electron chi connectivity index (χ1n) is 15.3. The Morgan fingerprint density at radius 2 is 1.23 bits per heavy atom. The van der Waals surface area contributed by atoms with E-state index >= 15 is 0 Å². The lowest BCUT2D eigenvalue weighted by molar-refractivity contribution is 0.590. The molecular weight excluding hydrogens is 536 g/mol. The number of para-hydroxylation sites is 1. The normalized spacial score (nSPS) is 14.2. The summed E-state index contributed by atoms with van der Waals surface area (Å²) in [5.41, 5.74) is 29.3. The predicted octanol–water partition coefficient (Wildman–Crippen LogP) is 10.1. The highest BCUT2D eigenvalue weighted by Crippen LogP contribution is 2.65. The van der Waals surface area contributed by atoms with Crippen molar-refractivity contribution in [3.05, 3.63) is 143 Å². The summed E-state index contributed by atoms with van der Waals surface area (Å²) in [5, 5.41) is 1.99. The third kappa shape index (κ3) is 3.06. The maximum atomic E-state index is 7.07. The summed E-state index contributed by atoms with van der Waals surface area (Å²) in [6.07, 6.45) is 0. The number of nitrogen functional groups attached to an aromatic ring is 2. The quantitative estimate of drug-likeness (QED) is 0.194. The number of nitrogens with two attached hydrogens (primary N) is 2. The molecule has 2 aliphatic carbocycles. The summed E-state index contributed by atoms with van der Waals surface area (Å²) in [6.45, 7) is 6.72. The van der Waals surface area contributed by atoms with Crippen molar-refractivity contribution in [2.24, 2.45) is 0 Å². The van der Waals surface area contributed by atoms with Crippen LogP contribution in [0.25, 0.3) is 55.3 Å². The van der Waals surface area contributed by atoms with Gasteiger partial charge in [-0.2, -0.15) is 0 Å². The van der Waals surface area contributed by atoms with E-state index in [2.05, 4.69) is 130 Å². The number of hydrogen-bond donors (Lipinski definition) is 2. The first kappa shape index (κ1) is 25.2. The standard InChI is InChI=1S/C41H32N2O/c1-40(2,3)24-17-15-23(16-18-24)26-11-8-12-30-37-35(43)22-34-36(39(37)44-38(26)30)29-20-19-25(42)21-33(29)41(34)31-13-6-4-9-27(31)28-10-5-7-14-32(28)41/h4-22H,42-43H2,1-3H3. The maximum absolute atomic E-state index is 7.07. The number of fused-ring (bicyclic) bond motifs is 14. The molecule has 0 unspecified atom stereocenters. The van der Waals surface area contributed by atoms with Gasteiger partial charge in [0.1, 0.15) is 11.2 Å². The largest absolute Gasteiger partial charge is 0.455 e. The molecule has 0 radical (unpaired) electrons. The average Bonchev–Trinajstić information content (AvgIpc) is 3.65. The molecule has 1 aromatic heterocycles. The summed E-state index contributed by atoms with van der Waals surface area (Å²) < 4.78 is 7.01. The van der Waals surface area contributed by atoms with Gasteiger partial charge in [-0.15, -0.1) is 0 Å². The molecule has 0 fully saturated rings. The minimum atomic E-state index is -0.542. The van der Waals surface area contributed by atoms with Gasteiger partial charge in [-0.3, -0.25) is 0 Å². The van der Waals surface area contributed by atoms with E-state index in [-0.39, 0.29) is 5.41 Å². The first-order valence-corrected chi connectivity index (χ1v) is 15.3. The van der Waals surface area contributed by atoms with E-state index in [1.807, 2.05) is 6.07 Å². The molecule has 212 valence electrons. The molecule has 0 saturated carbocycles. The van der Waals surface area contributed by atoms with E-state index in [1.165, 1.54) is 33.4 Å². The highest BCUT2D eigenvalue weighted by Gasteiger charge is 2.52. The molecule has 1 heterocycles. The van der Waals surface area contributed by atoms with Crippen LogP contribution in [0, 0.1) is 0 Å². The average molecular weight is 569 g/mol. The summed E-state index contributed by atoms with van der Waals surface area (Å²) in [4.78, 5) is 0. The molecular formula is C41H32N2O. The molecule has 3 nitrogen and oxygen atoms in total. The molecule has 0 amide bonds. The molecule has 1 spiro atoms. The van der Waals surface area contributed by atoms with Crippen LogP contribution in [0.4, 0.5) is 11.4 Å². The molecule has 0 atom stereocenters. The van der Waals surface area contributed by atoms with Gasteiger partial charge in [0.25, 0.3) is 0 Å². The zero-order chi connectivity index (χ0) is 30.0. The SMILES string of the molecule is CC(C)(C)c1ccc(-c2cccc3c2oc2c4c(cc(N)c23)C2(c3ccccc3-c3ccccc32)c2cc(N)ccc2-4)cc1. The maximum Gasteiger partial charge on any atom is 0.145 e. The highest BCUT2D eigenvalue weighted by atomic mass is 16.3. The summed E-state index contributed by atoms with van der Waals surface area (Å²) in [5.74, 6) is 0. The van der Waals surface area contributed by atoms with Crippen LogP contribution in [-0.2, 0) is 10.8 Å². The van der Waals surface area contributed by atoms with Crippen molar-refractivity contribution < 1.29 is 4.42 Å². The highest BCUT2D eigenvalue weighted by molar-refractivity contribution is 6.20. The van der Waals surface area contributed by atoms with Gasteiger partial charge in [0.2, 0.25) is 0 Å². The fourth-order valence-corrected chi connectivity index (χ4v) is 7.99. The second-order valence-corrected chi connectivity index (χ2v) is 13.4. The van der Waals surface area contributed by atoms with Gasteiger partial charge in [-0.1, -0.05) is 118 Å². The molecule has 44 heavy (non-hydrogen) atoms. The number of anilines is 2. The lowest BCUT2D eigenvalue weighted by atomic mass is 9.70. The lowest BCUT2D eigenvalue weighted by Gasteiger charge is -2.30. The Labute approximate surface area is 256 Å². The van der Waals surface area contributed by atoms with Crippen LogP contribution in [0.3, 0.4) is 0 Å². The minimum absolute atomic E-state index is 0.0864. The van der Waals surface area contributed by atoms with Gasteiger partial charge in [0.05, 0.1) is 10.8 Å². The van der Waals surface area contributed by atoms with Crippen LogP contribution < -0.4 is 11.5 Å². The Bertz CT molecular complexity index is 2290. The summed E-state index contributed by atoms with van der Waals surface area (Å²) >= 11 is 0. The zero-order valence-corrected chi connectivity index (χ0v) is 25.0. The minimum Gasteiger partial charge on any atom is -0.455 e. The van der Waals surface area contributed by atoms with Crippen LogP contribution in [-0.4, -0.2) is 0 Å². The van der Waals surface area contributed by atoms with E-state index in [0.29, 0.717) is 0 Å². The van der Waals surface area contributed by atoms with E-state index in [1.54, 1.807) is 0 Å². The van der Waals surface area contributed by atoms with Gasteiger partial charge in [-0.25, -0.2) is 0 Å². The van der Waals surface area contributed by atoms with Crippen LogP contribution in [0.2, 0.25) is 0 Å². The number of hydrogen-bond acceptors (Lipinski definition) is 3.